The van der Waals surface area contributed by atoms with Crippen LogP contribution in [0.1, 0.15) is 6.42 Å². The van der Waals surface area contributed by atoms with Crippen molar-refractivity contribution in [2.24, 2.45) is 0 Å². The average Bonchev–Trinajstić information content (AvgIpc) is 2.64. The SMILES string of the molecule is Nc1ccc([N+](=O)[O-])c(N2CCCN(CCO)CC2)n1. The number of nitrogens with two attached hydrogens (primary N) is 1. The summed E-state index contributed by atoms with van der Waals surface area (Å²) in [6, 6.07) is 2.84. The molecule has 1 aromatic rings. The van der Waals surface area contributed by atoms with Crippen molar-refractivity contribution in [3.63, 3.8) is 0 Å². The maximum Gasteiger partial charge on any atom is 0.311 e. The van der Waals surface area contributed by atoms with Crippen LogP contribution in [0.4, 0.5) is 17.3 Å². The van der Waals surface area contributed by atoms with Crippen molar-refractivity contribution in [2.75, 3.05) is 50.0 Å². The summed E-state index contributed by atoms with van der Waals surface area (Å²) in [6.07, 6.45) is 0.869. The van der Waals surface area contributed by atoms with Crippen molar-refractivity contribution in [1.82, 2.24) is 9.88 Å². The molecule has 0 amide bonds. The van der Waals surface area contributed by atoms with Gasteiger partial charge in [0.05, 0.1) is 11.5 Å². The molecular weight excluding hydrogens is 262 g/mol. The Labute approximate surface area is 117 Å². The van der Waals surface area contributed by atoms with Crippen molar-refractivity contribution in [2.45, 2.75) is 6.42 Å². The van der Waals surface area contributed by atoms with E-state index < -0.39 is 4.92 Å². The first kappa shape index (κ1) is 14.5. The van der Waals surface area contributed by atoms with E-state index in [-0.39, 0.29) is 18.1 Å². The summed E-state index contributed by atoms with van der Waals surface area (Å²) in [7, 11) is 0. The van der Waals surface area contributed by atoms with Crippen molar-refractivity contribution in [3.8, 4) is 0 Å². The summed E-state index contributed by atoms with van der Waals surface area (Å²) >= 11 is 0. The Morgan fingerprint density at radius 3 is 2.85 bits per heavy atom. The lowest BCUT2D eigenvalue weighted by atomic mass is 10.3. The second-order valence-corrected chi connectivity index (χ2v) is 4.74. The van der Waals surface area contributed by atoms with E-state index in [1.165, 1.54) is 12.1 Å². The number of β-amino-alcohol motifs (C(OH)–C–C–N with tert-alkyl or cyclic N) is 1. The van der Waals surface area contributed by atoms with E-state index in [1.54, 1.807) is 0 Å². The van der Waals surface area contributed by atoms with Gasteiger partial charge >= 0.3 is 5.69 Å². The Bertz CT molecular complexity index is 482. The largest absolute Gasteiger partial charge is 0.395 e. The zero-order valence-electron chi connectivity index (χ0n) is 11.2. The molecule has 1 fully saturated rings. The Kier molecular flexibility index (Phi) is 4.70. The second kappa shape index (κ2) is 6.49. The normalized spacial score (nSPS) is 16.9. The van der Waals surface area contributed by atoms with E-state index in [1.807, 2.05) is 4.90 Å². The second-order valence-electron chi connectivity index (χ2n) is 4.74. The number of nitrogens with zero attached hydrogens (tertiary/aromatic N) is 4. The molecule has 1 aromatic heterocycles. The van der Waals surface area contributed by atoms with Crippen LogP contribution in [0.5, 0.6) is 0 Å². The smallest absolute Gasteiger partial charge is 0.311 e. The summed E-state index contributed by atoms with van der Waals surface area (Å²) in [5.41, 5.74) is 5.63. The van der Waals surface area contributed by atoms with Gasteiger partial charge in [0, 0.05) is 32.2 Å². The Hall–Kier alpha value is -1.93. The lowest BCUT2D eigenvalue weighted by molar-refractivity contribution is -0.384. The quantitative estimate of drug-likeness (QED) is 0.594. The number of hydrogen-bond donors (Lipinski definition) is 2. The lowest BCUT2D eigenvalue weighted by Gasteiger charge is -2.22. The predicted octanol–water partition coefficient (Wildman–Crippen LogP) is 0.0764. The number of aliphatic hydroxyl groups excluding tert-OH is 1. The van der Waals surface area contributed by atoms with Crippen LogP contribution in [-0.4, -0.2) is 59.2 Å². The fraction of sp³-hybridized carbons (Fsp3) is 0.583. The lowest BCUT2D eigenvalue weighted by Crippen LogP contribution is -2.33. The molecule has 0 saturated carbocycles. The molecule has 0 atom stereocenters. The molecule has 8 nitrogen and oxygen atoms in total. The van der Waals surface area contributed by atoms with Crippen molar-refractivity contribution >= 4 is 17.3 Å². The van der Waals surface area contributed by atoms with Crippen LogP contribution in [0.25, 0.3) is 0 Å². The van der Waals surface area contributed by atoms with Gasteiger partial charge in [-0.1, -0.05) is 0 Å². The summed E-state index contributed by atoms with van der Waals surface area (Å²) in [5, 5.41) is 20.1. The monoisotopic (exact) mass is 281 g/mol. The summed E-state index contributed by atoms with van der Waals surface area (Å²) in [5.74, 6) is 0.614. The molecule has 110 valence electrons. The summed E-state index contributed by atoms with van der Waals surface area (Å²) in [4.78, 5) is 18.8. The Balaban J connectivity index is 2.18. The van der Waals surface area contributed by atoms with Gasteiger partial charge in [0.25, 0.3) is 0 Å². The third-order valence-electron chi connectivity index (χ3n) is 3.38. The molecule has 2 heterocycles. The number of rotatable bonds is 4. The van der Waals surface area contributed by atoms with E-state index in [9.17, 15) is 10.1 Å². The van der Waals surface area contributed by atoms with Gasteiger partial charge in [0.15, 0.2) is 0 Å². The first-order valence-corrected chi connectivity index (χ1v) is 6.61. The summed E-state index contributed by atoms with van der Waals surface area (Å²) in [6.45, 7) is 3.69. The average molecular weight is 281 g/mol. The van der Waals surface area contributed by atoms with Gasteiger partial charge in [-0.15, -0.1) is 0 Å². The molecule has 1 saturated heterocycles. The minimum Gasteiger partial charge on any atom is -0.395 e. The van der Waals surface area contributed by atoms with Gasteiger partial charge in [-0.25, -0.2) is 4.98 Å². The molecule has 0 aliphatic carbocycles. The number of pyridine rings is 1. The van der Waals surface area contributed by atoms with Crippen molar-refractivity contribution in [3.05, 3.63) is 22.2 Å². The third kappa shape index (κ3) is 3.34. The van der Waals surface area contributed by atoms with E-state index in [0.717, 1.165) is 19.5 Å². The topological polar surface area (TPSA) is 109 Å². The highest BCUT2D eigenvalue weighted by atomic mass is 16.6. The third-order valence-corrected chi connectivity index (χ3v) is 3.38. The molecule has 0 bridgehead atoms. The highest BCUT2D eigenvalue weighted by Crippen LogP contribution is 2.27. The predicted molar refractivity (Wildman–Crippen MR) is 75.7 cm³/mol. The fourth-order valence-corrected chi connectivity index (χ4v) is 2.38. The van der Waals surface area contributed by atoms with Gasteiger partial charge in [0.2, 0.25) is 5.82 Å². The minimum absolute atomic E-state index is 0.0187. The molecule has 3 N–H and O–H groups in total. The van der Waals surface area contributed by atoms with Crippen LogP contribution in [0.2, 0.25) is 0 Å². The number of anilines is 2. The van der Waals surface area contributed by atoms with E-state index in [0.29, 0.717) is 25.5 Å². The van der Waals surface area contributed by atoms with Gasteiger partial charge in [-0.3, -0.25) is 15.0 Å². The standard InChI is InChI=1S/C12H19N5O3/c13-11-3-2-10(17(19)20)12(14-11)16-5-1-4-15(6-7-16)8-9-18/h2-3,18H,1,4-9H2,(H2,13,14). The first-order valence-electron chi connectivity index (χ1n) is 6.61. The minimum atomic E-state index is -0.432. The van der Waals surface area contributed by atoms with E-state index >= 15 is 0 Å². The number of nitrogen functional groups attached to an aromatic ring is 1. The van der Waals surface area contributed by atoms with Crippen molar-refractivity contribution < 1.29 is 10.0 Å². The highest BCUT2D eigenvalue weighted by molar-refractivity contribution is 5.61. The molecule has 0 unspecified atom stereocenters. The van der Waals surface area contributed by atoms with Crippen LogP contribution in [-0.2, 0) is 0 Å². The molecule has 1 aliphatic heterocycles. The molecule has 8 heteroatoms. The van der Waals surface area contributed by atoms with E-state index in [4.69, 9.17) is 10.8 Å². The number of aromatic nitrogens is 1. The van der Waals surface area contributed by atoms with E-state index in [2.05, 4.69) is 9.88 Å². The van der Waals surface area contributed by atoms with Gasteiger partial charge in [0.1, 0.15) is 5.82 Å². The number of hydrogen-bond acceptors (Lipinski definition) is 7. The maximum atomic E-state index is 11.1. The van der Waals surface area contributed by atoms with Crippen LogP contribution < -0.4 is 10.6 Å². The van der Waals surface area contributed by atoms with Crippen LogP contribution in [0.3, 0.4) is 0 Å². The fourth-order valence-electron chi connectivity index (χ4n) is 2.38. The highest BCUT2D eigenvalue weighted by Gasteiger charge is 2.23. The molecule has 0 radical (unpaired) electrons. The van der Waals surface area contributed by atoms with Gasteiger partial charge in [-0.2, -0.15) is 0 Å². The zero-order chi connectivity index (χ0) is 14.5. The zero-order valence-corrected chi connectivity index (χ0v) is 11.2. The molecular formula is C12H19N5O3. The summed E-state index contributed by atoms with van der Waals surface area (Å²) < 4.78 is 0. The Morgan fingerprint density at radius 2 is 2.15 bits per heavy atom. The molecule has 1 aliphatic rings. The number of aliphatic hydroxyl groups is 1. The molecule has 20 heavy (non-hydrogen) atoms. The molecule has 0 spiro atoms. The van der Waals surface area contributed by atoms with Crippen molar-refractivity contribution in [1.29, 1.82) is 0 Å². The van der Waals surface area contributed by atoms with Gasteiger partial charge < -0.3 is 15.7 Å². The number of nitro groups is 1. The Morgan fingerprint density at radius 1 is 1.35 bits per heavy atom. The van der Waals surface area contributed by atoms with Crippen LogP contribution >= 0.6 is 0 Å². The molecule has 2 rings (SSSR count). The van der Waals surface area contributed by atoms with Crippen LogP contribution in [0, 0.1) is 10.1 Å². The first-order chi connectivity index (χ1) is 9.61. The van der Waals surface area contributed by atoms with Gasteiger partial charge in [-0.05, 0) is 19.0 Å². The van der Waals surface area contributed by atoms with Crippen LogP contribution in [0.15, 0.2) is 12.1 Å². The molecule has 0 aromatic carbocycles. The maximum absolute atomic E-state index is 11.1.